The molecule has 1 aliphatic rings. The lowest BCUT2D eigenvalue weighted by atomic mass is 9.80. The van der Waals surface area contributed by atoms with E-state index in [4.69, 9.17) is 9.29 Å². The van der Waals surface area contributed by atoms with E-state index in [0.29, 0.717) is 18.8 Å². The van der Waals surface area contributed by atoms with Gasteiger partial charge >= 0.3 is 0 Å². The smallest absolute Gasteiger partial charge is 0.267 e. The van der Waals surface area contributed by atoms with Gasteiger partial charge in [0, 0.05) is 19.4 Å². The average Bonchev–Trinajstić information content (AvgIpc) is 2.58. The van der Waals surface area contributed by atoms with E-state index in [2.05, 4.69) is 5.32 Å². The Hall–Kier alpha value is -0.990. The van der Waals surface area contributed by atoms with Crippen LogP contribution in [0.1, 0.15) is 85.0 Å². The van der Waals surface area contributed by atoms with Crippen LogP contribution < -0.4 is 5.32 Å². The van der Waals surface area contributed by atoms with E-state index < -0.39 is 21.4 Å². The van der Waals surface area contributed by atoms with Gasteiger partial charge in [0.1, 0.15) is 5.78 Å². The molecule has 0 spiro atoms. The zero-order chi connectivity index (χ0) is 22.1. The average molecular weight is 434 g/mol. The highest BCUT2D eigenvalue weighted by molar-refractivity contribution is 7.85. The second-order valence-corrected chi connectivity index (χ2v) is 10.6. The number of unbranched alkanes of at least 4 members (excludes halogenated alkanes) is 1. The predicted octanol–water partition coefficient (Wildman–Crippen LogP) is 3.52. The number of carbonyl (C=O) groups excluding carboxylic acids is 2. The van der Waals surface area contributed by atoms with Gasteiger partial charge in [0.15, 0.2) is 0 Å². The summed E-state index contributed by atoms with van der Waals surface area (Å²) >= 11 is 0. The molecule has 1 fully saturated rings. The molecular formula is C21H39NO6S. The van der Waals surface area contributed by atoms with Crippen LogP contribution in [0.4, 0.5) is 0 Å². The Labute approximate surface area is 176 Å². The zero-order valence-electron chi connectivity index (χ0n) is 18.4. The summed E-state index contributed by atoms with van der Waals surface area (Å²) in [5.41, 5.74) is -1.03. The number of hydrogen-bond acceptors (Lipinski definition) is 5. The number of Topliss-reactive ketones (excluding diaryl/α,β-unsaturated/α-hetero) is 1. The largest absolute Gasteiger partial charge is 0.381 e. The lowest BCUT2D eigenvalue weighted by molar-refractivity contribution is -0.126. The molecule has 0 heterocycles. The Morgan fingerprint density at radius 2 is 1.79 bits per heavy atom. The minimum atomic E-state index is -4.16. The van der Waals surface area contributed by atoms with Crippen molar-refractivity contribution in [3.8, 4) is 0 Å². The monoisotopic (exact) mass is 433 g/mol. The van der Waals surface area contributed by atoms with E-state index in [1.165, 1.54) is 32.1 Å². The highest BCUT2D eigenvalue weighted by Gasteiger charge is 2.29. The van der Waals surface area contributed by atoms with Gasteiger partial charge in [-0.05, 0) is 46.0 Å². The molecule has 8 heteroatoms. The summed E-state index contributed by atoms with van der Waals surface area (Å²) in [7, 11) is -2.49. The van der Waals surface area contributed by atoms with Crippen molar-refractivity contribution < 1.29 is 27.3 Å². The van der Waals surface area contributed by atoms with Crippen LogP contribution in [0.15, 0.2) is 0 Å². The summed E-state index contributed by atoms with van der Waals surface area (Å²) in [6.07, 6.45) is 9.36. The number of nitrogens with one attached hydrogen (secondary N) is 1. The van der Waals surface area contributed by atoms with Gasteiger partial charge in [-0.25, -0.2) is 0 Å². The van der Waals surface area contributed by atoms with Crippen molar-refractivity contribution in [3.05, 3.63) is 0 Å². The molecule has 0 radical (unpaired) electrons. The molecule has 0 aromatic rings. The van der Waals surface area contributed by atoms with Crippen LogP contribution in [0.2, 0.25) is 0 Å². The normalized spacial score (nSPS) is 18.2. The molecule has 0 aromatic heterocycles. The van der Waals surface area contributed by atoms with Gasteiger partial charge in [-0.2, -0.15) is 8.42 Å². The third-order valence-corrected chi connectivity index (χ3v) is 6.84. The van der Waals surface area contributed by atoms with Gasteiger partial charge in [-0.1, -0.05) is 38.5 Å². The lowest BCUT2D eigenvalue weighted by Gasteiger charge is -2.30. The molecule has 2 N–H and O–H groups in total. The van der Waals surface area contributed by atoms with Gasteiger partial charge in [0.25, 0.3) is 10.1 Å². The SMILES string of the molecule is COC(CC1CCCCC1)C(CCCCC(=O)NC(C)(C)CS(=O)(=O)O)C(C)=O. The molecular weight excluding hydrogens is 394 g/mol. The highest BCUT2D eigenvalue weighted by Crippen LogP contribution is 2.31. The molecule has 0 saturated heterocycles. The maximum absolute atomic E-state index is 12.2. The molecule has 2 unspecified atom stereocenters. The van der Waals surface area contributed by atoms with Crippen LogP contribution in [0.3, 0.4) is 0 Å². The van der Waals surface area contributed by atoms with Gasteiger partial charge in [0.2, 0.25) is 5.91 Å². The molecule has 1 saturated carbocycles. The number of ketones is 1. The van der Waals surface area contributed by atoms with Crippen molar-refractivity contribution in [2.75, 3.05) is 12.9 Å². The van der Waals surface area contributed by atoms with Gasteiger partial charge in [-0.3, -0.25) is 14.1 Å². The van der Waals surface area contributed by atoms with Crippen molar-refractivity contribution >= 4 is 21.8 Å². The molecule has 0 aliphatic heterocycles. The third-order valence-electron chi connectivity index (χ3n) is 5.75. The Kier molecular flexibility index (Phi) is 10.8. The molecule has 0 aromatic carbocycles. The molecule has 170 valence electrons. The number of methoxy groups -OCH3 is 1. The Morgan fingerprint density at radius 3 is 2.31 bits per heavy atom. The molecule has 0 bridgehead atoms. The predicted molar refractivity (Wildman–Crippen MR) is 113 cm³/mol. The number of hydrogen-bond donors (Lipinski definition) is 2. The summed E-state index contributed by atoms with van der Waals surface area (Å²) in [6, 6.07) is 0. The maximum Gasteiger partial charge on any atom is 0.267 e. The highest BCUT2D eigenvalue weighted by atomic mass is 32.2. The van der Waals surface area contributed by atoms with Crippen LogP contribution in [-0.4, -0.2) is 49.2 Å². The Balaban J connectivity index is 2.45. The fourth-order valence-electron chi connectivity index (χ4n) is 4.41. The van der Waals surface area contributed by atoms with Crippen molar-refractivity contribution in [1.82, 2.24) is 5.32 Å². The molecule has 1 amide bonds. The van der Waals surface area contributed by atoms with E-state index in [1.807, 2.05) is 0 Å². The van der Waals surface area contributed by atoms with Crippen molar-refractivity contribution in [2.45, 2.75) is 96.6 Å². The minimum Gasteiger partial charge on any atom is -0.381 e. The lowest BCUT2D eigenvalue weighted by Crippen LogP contribution is -2.48. The summed E-state index contributed by atoms with van der Waals surface area (Å²) < 4.78 is 36.7. The fraction of sp³-hybridized carbons (Fsp3) is 0.905. The number of rotatable bonds is 13. The third kappa shape index (κ3) is 11.1. The van der Waals surface area contributed by atoms with E-state index >= 15 is 0 Å². The number of ether oxygens (including phenoxy) is 1. The van der Waals surface area contributed by atoms with Crippen molar-refractivity contribution in [3.63, 3.8) is 0 Å². The first kappa shape index (κ1) is 26.0. The van der Waals surface area contributed by atoms with E-state index in [9.17, 15) is 18.0 Å². The standard InChI is InChI=1S/C21H39NO6S/c1-16(23)18(19(28-4)14-17-10-6-5-7-11-17)12-8-9-13-20(24)22-21(2,3)15-29(25,26)27/h17-19H,5-15H2,1-4H3,(H,22,24)(H,25,26,27). The van der Waals surface area contributed by atoms with Crippen LogP contribution in [0, 0.1) is 11.8 Å². The molecule has 1 rings (SSSR count). The summed E-state index contributed by atoms with van der Waals surface area (Å²) in [4.78, 5) is 24.3. The first-order valence-corrected chi connectivity index (χ1v) is 12.3. The number of carbonyl (C=O) groups is 2. The van der Waals surface area contributed by atoms with Crippen LogP contribution >= 0.6 is 0 Å². The van der Waals surface area contributed by atoms with Crippen LogP contribution in [0.25, 0.3) is 0 Å². The van der Waals surface area contributed by atoms with Crippen LogP contribution in [0.5, 0.6) is 0 Å². The summed E-state index contributed by atoms with van der Waals surface area (Å²) in [5, 5.41) is 2.64. The second-order valence-electron chi connectivity index (χ2n) is 9.14. The van der Waals surface area contributed by atoms with Crippen molar-refractivity contribution in [2.24, 2.45) is 11.8 Å². The Morgan fingerprint density at radius 1 is 1.17 bits per heavy atom. The minimum absolute atomic E-state index is 0.0712. The van der Waals surface area contributed by atoms with Gasteiger partial charge in [0.05, 0.1) is 17.4 Å². The second kappa shape index (κ2) is 12.0. The first-order chi connectivity index (χ1) is 13.4. The summed E-state index contributed by atoms with van der Waals surface area (Å²) in [6.45, 7) is 4.72. The van der Waals surface area contributed by atoms with Gasteiger partial charge < -0.3 is 10.1 Å². The van der Waals surface area contributed by atoms with Crippen LogP contribution in [-0.2, 0) is 24.4 Å². The number of amides is 1. The quantitative estimate of drug-likeness (QED) is 0.340. The fourth-order valence-corrected chi connectivity index (χ4v) is 5.39. The molecule has 7 nitrogen and oxygen atoms in total. The molecule has 2 atom stereocenters. The summed E-state index contributed by atoms with van der Waals surface area (Å²) in [5.74, 6) is -0.184. The molecule has 1 aliphatic carbocycles. The van der Waals surface area contributed by atoms with E-state index in [0.717, 1.165) is 12.8 Å². The zero-order valence-corrected chi connectivity index (χ0v) is 19.2. The van der Waals surface area contributed by atoms with Gasteiger partial charge in [-0.15, -0.1) is 0 Å². The first-order valence-electron chi connectivity index (χ1n) is 10.7. The van der Waals surface area contributed by atoms with Crippen molar-refractivity contribution in [1.29, 1.82) is 0 Å². The Bertz CT molecular complexity index is 625. The maximum atomic E-state index is 12.2. The topological polar surface area (TPSA) is 110 Å². The molecule has 29 heavy (non-hydrogen) atoms. The van der Waals surface area contributed by atoms with E-state index in [-0.39, 0.29) is 30.1 Å². The van der Waals surface area contributed by atoms with E-state index in [1.54, 1.807) is 27.9 Å².